The van der Waals surface area contributed by atoms with E-state index in [1.54, 1.807) is 12.4 Å². The van der Waals surface area contributed by atoms with E-state index in [0.29, 0.717) is 17.0 Å². The van der Waals surface area contributed by atoms with Crippen LogP contribution in [0.2, 0.25) is 5.02 Å². The molecular weight excluding hydrogens is 490 g/mol. The summed E-state index contributed by atoms with van der Waals surface area (Å²) in [5, 5.41) is 7.99. The van der Waals surface area contributed by atoms with Gasteiger partial charge in [0, 0.05) is 66.5 Å². The van der Waals surface area contributed by atoms with Gasteiger partial charge in [-0.2, -0.15) is 0 Å². The Labute approximate surface area is 222 Å². The Kier molecular flexibility index (Phi) is 7.62. The zero-order chi connectivity index (χ0) is 25.0. The van der Waals surface area contributed by atoms with Gasteiger partial charge in [0.05, 0.1) is 17.4 Å². The van der Waals surface area contributed by atoms with Crippen molar-refractivity contribution >= 4 is 40.6 Å². The Morgan fingerprint density at radius 3 is 2.47 bits per heavy atom. The number of benzene rings is 1. The lowest BCUT2D eigenvalue weighted by molar-refractivity contribution is 0.226. The molecule has 0 radical (unpaired) electrons. The lowest BCUT2D eigenvalue weighted by Gasteiger charge is -2.39. The second-order valence-electron chi connectivity index (χ2n) is 9.64. The Morgan fingerprint density at radius 2 is 1.81 bits per heavy atom. The van der Waals surface area contributed by atoms with Crippen LogP contribution in [-0.2, 0) is 6.54 Å². The Morgan fingerprint density at radius 1 is 1.06 bits per heavy atom. The van der Waals surface area contributed by atoms with Crippen molar-refractivity contribution in [3.8, 4) is 0 Å². The van der Waals surface area contributed by atoms with Crippen LogP contribution in [-0.4, -0.2) is 40.1 Å². The van der Waals surface area contributed by atoms with E-state index in [2.05, 4.69) is 32.1 Å². The SMILES string of the molecule is C=C(NCc1cncnc1)c1c(NC)ccc(Sc2cnc(N3CCC4(CCCC4)CC3)cn2)c1Cl. The molecule has 1 saturated carbocycles. The molecule has 0 unspecified atom stereocenters. The predicted molar refractivity (Wildman–Crippen MR) is 147 cm³/mol. The summed E-state index contributed by atoms with van der Waals surface area (Å²) in [6.45, 7) is 6.94. The zero-order valence-corrected chi connectivity index (χ0v) is 22.2. The lowest BCUT2D eigenvalue weighted by Crippen LogP contribution is -2.39. The van der Waals surface area contributed by atoms with Crippen LogP contribution >= 0.6 is 23.4 Å². The van der Waals surface area contributed by atoms with E-state index in [1.165, 1.54) is 56.6 Å². The molecule has 5 rings (SSSR count). The molecule has 0 atom stereocenters. The molecule has 3 heterocycles. The van der Waals surface area contributed by atoms with Crippen molar-refractivity contribution in [2.75, 3.05) is 30.4 Å². The van der Waals surface area contributed by atoms with E-state index >= 15 is 0 Å². The summed E-state index contributed by atoms with van der Waals surface area (Å²) < 4.78 is 0. The topological polar surface area (TPSA) is 78.9 Å². The third kappa shape index (κ3) is 5.44. The number of aromatic nitrogens is 4. The molecule has 2 N–H and O–H groups in total. The van der Waals surface area contributed by atoms with Gasteiger partial charge in [0.25, 0.3) is 0 Å². The van der Waals surface area contributed by atoms with Gasteiger partial charge in [0.1, 0.15) is 17.2 Å². The summed E-state index contributed by atoms with van der Waals surface area (Å²) in [4.78, 5) is 20.9. The fraction of sp³-hybridized carbons (Fsp3) is 0.407. The second kappa shape index (κ2) is 11.0. The van der Waals surface area contributed by atoms with Gasteiger partial charge in [-0.05, 0) is 43.2 Å². The first kappa shape index (κ1) is 24.8. The quantitative estimate of drug-likeness (QED) is 0.372. The van der Waals surface area contributed by atoms with Gasteiger partial charge in [-0.1, -0.05) is 42.8 Å². The number of anilines is 2. The van der Waals surface area contributed by atoms with E-state index in [-0.39, 0.29) is 0 Å². The second-order valence-corrected chi connectivity index (χ2v) is 11.1. The number of hydrogen-bond donors (Lipinski definition) is 2. The highest BCUT2D eigenvalue weighted by Crippen LogP contribution is 2.46. The van der Waals surface area contributed by atoms with Crippen LogP contribution in [0.1, 0.15) is 49.7 Å². The Hall–Kier alpha value is -2.84. The van der Waals surface area contributed by atoms with E-state index in [4.69, 9.17) is 21.6 Å². The largest absolute Gasteiger partial charge is 0.388 e. The minimum atomic E-state index is 0.557. The fourth-order valence-electron chi connectivity index (χ4n) is 5.33. The van der Waals surface area contributed by atoms with E-state index in [0.717, 1.165) is 51.3 Å². The fourth-order valence-corrected chi connectivity index (χ4v) is 6.49. The molecule has 9 heteroatoms. The summed E-state index contributed by atoms with van der Waals surface area (Å²) in [5.41, 5.74) is 4.02. The summed E-state index contributed by atoms with van der Waals surface area (Å²) >= 11 is 8.40. The molecule has 1 aliphatic heterocycles. The molecule has 1 saturated heterocycles. The minimum absolute atomic E-state index is 0.557. The standard InChI is InChI=1S/C27H32ClN7S/c1-19(32-15-20-13-30-18-31-14-20)25-21(29-2)5-6-22(26(25)28)36-24-17-33-23(16-34-24)35-11-9-27(10-12-35)7-3-4-8-27/h5-6,13-14,16-18,29,32H,1,3-4,7-12,15H2,2H3. The average Bonchev–Trinajstić information content (AvgIpc) is 3.37. The van der Waals surface area contributed by atoms with Crippen LogP contribution in [0.4, 0.5) is 11.5 Å². The molecule has 3 aromatic rings. The Balaban J connectivity index is 1.26. The molecule has 2 aliphatic rings. The van der Waals surface area contributed by atoms with Crippen molar-refractivity contribution in [2.24, 2.45) is 5.41 Å². The minimum Gasteiger partial charge on any atom is -0.388 e. The van der Waals surface area contributed by atoms with Crippen molar-refractivity contribution in [1.82, 2.24) is 25.3 Å². The van der Waals surface area contributed by atoms with Gasteiger partial charge in [0.15, 0.2) is 0 Å². The maximum Gasteiger partial charge on any atom is 0.147 e. The van der Waals surface area contributed by atoms with Crippen LogP contribution in [0.5, 0.6) is 0 Å². The molecule has 1 aliphatic carbocycles. The first-order chi connectivity index (χ1) is 17.6. The Bertz CT molecular complexity index is 1190. The highest BCUT2D eigenvalue weighted by molar-refractivity contribution is 7.99. The number of nitrogens with zero attached hydrogens (tertiary/aromatic N) is 5. The predicted octanol–water partition coefficient (Wildman–Crippen LogP) is 6.03. The molecule has 0 amide bonds. The first-order valence-corrected chi connectivity index (χ1v) is 13.7. The molecule has 36 heavy (non-hydrogen) atoms. The van der Waals surface area contributed by atoms with Crippen LogP contribution in [0, 0.1) is 5.41 Å². The molecule has 1 aromatic carbocycles. The summed E-state index contributed by atoms with van der Waals surface area (Å²) in [5.74, 6) is 0.965. The van der Waals surface area contributed by atoms with E-state index in [1.807, 2.05) is 31.6 Å². The molecule has 2 aromatic heterocycles. The van der Waals surface area contributed by atoms with E-state index in [9.17, 15) is 0 Å². The van der Waals surface area contributed by atoms with Gasteiger partial charge in [-0.15, -0.1) is 0 Å². The summed E-state index contributed by atoms with van der Waals surface area (Å²) in [6, 6.07) is 4.01. The summed E-state index contributed by atoms with van der Waals surface area (Å²) in [7, 11) is 1.87. The van der Waals surface area contributed by atoms with Crippen molar-refractivity contribution in [1.29, 1.82) is 0 Å². The van der Waals surface area contributed by atoms with Crippen molar-refractivity contribution in [3.05, 3.63) is 66.0 Å². The summed E-state index contributed by atoms with van der Waals surface area (Å²) in [6.07, 6.45) is 17.0. The highest BCUT2D eigenvalue weighted by Gasteiger charge is 2.37. The molecular formula is C27H32ClN7S. The van der Waals surface area contributed by atoms with Gasteiger partial charge in [0.2, 0.25) is 0 Å². The maximum atomic E-state index is 6.89. The van der Waals surface area contributed by atoms with Crippen LogP contribution < -0.4 is 15.5 Å². The zero-order valence-electron chi connectivity index (χ0n) is 20.6. The van der Waals surface area contributed by atoms with E-state index < -0.39 is 0 Å². The molecule has 1 spiro atoms. The smallest absolute Gasteiger partial charge is 0.147 e. The molecule has 188 valence electrons. The maximum absolute atomic E-state index is 6.89. The number of halogens is 1. The first-order valence-electron chi connectivity index (χ1n) is 12.5. The molecule has 0 bridgehead atoms. The monoisotopic (exact) mass is 521 g/mol. The van der Waals surface area contributed by atoms with Gasteiger partial charge >= 0.3 is 0 Å². The van der Waals surface area contributed by atoms with Gasteiger partial charge < -0.3 is 15.5 Å². The average molecular weight is 522 g/mol. The third-order valence-corrected chi connectivity index (χ3v) is 8.92. The lowest BCUT2D eigenvalue weighted by atomic mass is 9.77. The normalized spacial score (nSPS) is 16.8. The van der Waals surface area contributed by atoms with Crippen molar-refractivity contribution in [3.63, 3.8) is 0 Å². The highest BCUT2D eigenvalue weighted by atomic mass is 35.5. The number of rotatable bonds is 8. The number of hydrogen-bond acceptors (Lipinski definition) is 8. The van der Waals surface area contributed by atoms with Crippen LogP contribution in [0.25, 0.3) is 5.70 Å². The van der Waals surface area contributed by atoms with Crippen LogP contribution in [0.3, 0.4) is 0 Å². The van der Waals surface area contributed by atoms with Crippen molar-refractivity contribution in [2.45, 2.75) is 55.0 Å². The number of piperidine rings is 1. The molecule has 2 fully saturated rings. The van der Waals surface area contributed by atoms with Crippen molar-refractivity contribution < 1.29 is 0 Å². The number of nitrogens with one attached hydrogen (secondary N) is 2. The van der Waals surface area contributed by atoms with Crippen LogP contribution in [0.15, 0.2) is 59.7 Å². The molecule has 7 nitrogen and oxygen atoms in total. The third-order valence-electron chi connectivity index (χ3n) is 7.44. The van der Waals surface area contributed by atoms with Gasteiger partial charge in [-0.3, -0.25) is 0 Å². The van der Waals surface area contributed by atoms with Gasteiger partial charge in [-0.25, -0.2) is 19.9 Å².